The molecule has 8 heteroatoms. The van der Waals surface area contributed by atoms with Crippen molar-refractivity contribution in [2.24, 2.45) is 0 Å². The minimum Gasteiger partial charge on any atom is -0.378 e. The number of rotatable bonds is 5. The van der Waals surface area contributed by atoms with Crippen LogP contribution in [0, 0.1) is 0 Å². The number of nitrogens with one attached hydrogen (secondary N) is 1. The molecular weight excluding hydrogens is 404 g/mol. The van der Waals surface area contributed by atoms with Gasteiger partial charge in [-0.3, -0.25) is 9.59 Å². The van der Waals surface area contributed by atoms with Crippen LogP contribution in [0.4, 0.5) is 14.6 Å². The predicted molar refractivity (Wildman–Crippen MR) is 112 cm³/mol. The fourth-order valence-corrected chi connectivity index (χ4v) is 3.51. The number of hydrogen-bond acceptors (Lipinski definition) is 5. The first kappa shape index (κ1) is 20.9. The highest BCUT2D eigenvalue weighted by Gasteiger charge is 2.20. The maximum Gasteiger partial charge on any atom is 0.263 e. The number of carbonyl (C=O) groups excluding carboxylic acids is 2. The van der Waals surface area contributed by atoms with Gasteiger partial charge in [0, 0.05) is 48.1 Å². The zero-order valence-electron chi connectivity index (χ0n) is 16.7. The molecular formula is C23H21F2N3O3. The third-order valence-corrected chi connectivity index (χ3v) is 5.16. The van der Waals surface area contributed by atoms with Gasteiger partial charge in [-0.1, -0.05) is 18.2 Å². The summed E-state index contributed by atoms with van der Waals surface area (Å²) in [5.74, 6) is 0.178. The molecule has 1 aliphatic heterocycles. The fourth-order valence-electron chi connectivity index (χ4n) is 3.51. The average molecular weight is 425 g/mol. The minimum absolute atomic E-state index is 0.0724. The van der Waals surface area contributed by atoms with E-state index in [-0.39, 0.29) is 23.3 Å². The second kappa shape index (κ2) is 9.18. The van der Waals surface area contributed by atoms with Crippen LogP contribution in [0.25, 0.3) is 5.57 Å². The molecule has 0 atom stereocenters. The number of carbonyl (C=O) groups is 2. The number of benzene rings is 1. The molecule has 2 heterocycles. The van der Waals surface area contributed by atoms with Crippen LogP contribution in [0.2, 0.25) is 0 Å². The van der Waals surface area contributed by atoms with Gasteiger partial charge in [0.15, 0.2) is 5.78 Å². The van der Waals surface area contributed by atoms with Crippen molar-refractivity contribution in [2.45, 2.75) is 12.8 Å². The number of allylic oxidation sites excluding steroid dienone is 3. The van der Waals surface area contributed by atoms with Crippen LogP contribution < -0.4 is 10.2 Å². The first-order chi connectivity index (χ1) is 15.0. The van der Waals surface area contributed by atoms with Gasteiger partial charge in [-0.25, -0.2) is 13.8 Å². The molecule has 6 nitrogen and oxygen atoms in total. The monoisotopic (exact) mass is 425 g/mol. The zero-order chi connectivity index (χ0) is 21.8. The Morgan fingerprint density at radius 1 is 1.16 bits per heavy atom. The van der Waals surface area contributed by atoms with E-state index in [0.717, 1.165) is 25.0 Å². The van der Waals surface area contributed by atoms with Crippen LogP contribution in [-0.4, -0.2) is 43.0 Å². The average Bonchev–Trinajstić information content (AvgIpc) is 2.81. The second-order valence-corrected chi connectivity index (χ2v) is 7.23. The van der Waals surface area contributed by atoms with Crippen LogP contribution in [0.15, 0.2) is 60.4 Å². The van der Waals surface area contributed by atoms with E-state index in [1.54, 1.807) is 24.4 Å². The zero-order valence-corrected chi connectivity index (χ0v) is 16.7. The van der Waals surface area contributed by atoms with Crippen molar-refractivity contribution in [3.63, 3.8) is 0 Å². The van der Waals surface area contributed by atoms with E-state index in [1.165, 1.54) is 18.2 Å². The van der Waals surface area contributed by atoms with Gasteiger partial charge in [0.05, 0.1) is 13.2 Å². The molecule has 1 saturated heterocycles. The number of Topliss-reactive ketones (excluding diaryl/α,β-unsaturated/α-hetero) is 1. The molecule has 0 unspecified atom stereocenters. The number of pyridine rings is 1. The van der Waals surface area contributed by atoms with Crippen molar-refractivity contribution in [1.29, 1.82) is 0 Å². The van der Waals surface area contributed by atoms with Crippen LogP contribution >= 0.6 is 0 Å². The molecule has 1 amide bonds. The lowest BCUT2D eigenvalue weighted by atomic mass is 9.95. The highest BCUT2D eigenvalue weighted by molar-refractivity contribution is 6.22. The number of aromatic nitrogens is 1. The molecule has 0 bridgehead atoms. The summed E-state index contributed by atoms with van der Waals surface area (Å²) in [6, 6.07) is 8.93. The summed E-state index contributed by atoms with van der Waals surface area (Å²) in [7, 11) is 0. The SMILES string of the molecule is O=C1CC=C(NC(=O)c2cccc(C(F)F)c2)C=C1c1ccnc(N2CCOCC2)c1. The Hall–Kier alpha value is -3.39. The van der Waals surface area contributed by atoms with Crippen LogP contribution in [0.5, 0.6) is 0 Å². The van der Waals surface area contributed by atoms with Crippen molar-refractivity contribution < 1.29 is 23.1 Å². The molecule has 160 valence electrons. The number of hydrogen-bond donors (Lipinski definition) is 1. The van der Waals surface area contributed by atoms with Crippen LogP contribution in [0.3, 0.4) is 0 Å². The summed E-state index contributed by atoms with van der Waals surface area (Å²) in [4.78, 5) is 31.6. The van der Waals surface area contributed by atoms with Gasteiger partial charge < -0.3 is 15.0 Å². The number of ketones is 1. The Morgan fingerprint density at radius 3 is 2.74 bits per heavy atom. The first-order valence-electron chi connectivity index (χ1n) is 9.95. The number of amides is 1. The molecule has 31 heavy (non-hydrogen) atoms. The second-order valence-electron chi connectivity index (χ2n) is 7.23. The van der Waals surface area contributed by atoms with Crippen LogP contribution in [0.1, 0.15) is 34.3 Å². The van der Waals surface area contributed by atoms with Gasteiger partial charge in [0.25, 0.3) is 12.3 Å². The number of halogens is 2. The first-order valence-corrected chi connectivity index (χ1v) is 9.95. The summed E-state index contributed by atoms with van der Waals surface area (Å²) in [6.45, 7) is 2.70. The van der Waals surface area contributed by atoms with E-state index in [0.29, 0.717) is 30.0 Å². The molecule has 0 spiro atoms. The molecule has 2 aromatic rings. The molecule has 1 N–H and O–H groups in total. The molecule has 2 aliphatic rings. The molecule has 1 aromatic heterocycles. The molecule has 1 fully saturated rings. The normalized spacial score (nSPS) is 16.7. The Kier molecular flexibility index (Phi) is 6.18. The van der Waals surface area contributed by atoms with Gasteiger partial charge in [0.1, 0.15) is 5.82 Å². The lowest BCUT2D eigenvalue weighted by Gasteiger charge is -2.28. The van der Waals surface area contributed by atoms with E-state index in [9.17, 15) is 18.4 Å². The quantitative estimate of drug-likeness (QED) is 0.794. The van der Waals surface area contributed by atoms with Crippen molar-refractivity contribution in [3.05, 3.63) is 77.1 Å². The molecule has 1 aromatic carbocycles. The summed E-state index contributed by atoms with van der Waals surface area (Å²) in [5, 5.41) is 2.71. The topological polar surface area (TPSA) is 71.5 Å². The summed E-state index contributed by atoms with van der Waals surface area (Å²) >= 11 is 0. The summed E-state index contributed by atoms with van der Waals surface area (Å²) in [5.41, 5.74) is 1.54. The highest BCUT2D eigenvalue weighted by Crippen LogP contribution is 2.26. The molecule has 0 saturated carbocycles. The van der Waals surface area contributed by atoms with Gasteiger partial charge in [-0.05, 0) is 35.9 Å². The fraction of sp³-hybridized carbons (Fsp3) is 0.261. The Balaban J connectivity index is 1.54. The molecule has 1 aliphatic carbocycles. The summed E-state index contributed by atoms with van der Waals surface area (Å²) < 4.78 is 31.2. The Bertz CT molecular complexity index is 1060. The van der Waals surface area contributed by atoms with Gasteiger partial charge in [0.2, 0.25) is 0 Å². The lowest BCUT2D eigenvalue weighted by molar-refractivity contribution is -0.113. The Labute approximate surface area is 178 Å². The van der Waals surface area contributed by atoms with E-state index in [2.05, 4.69) is 15.2 Å². The molecule has 0 radical (unpaired) electrons. The van der Waals surface area contributed by atoms with E-state index >= 15 is 0 Å². The van der Waals surface area contributed by atoms with Gasteiger partial charge in [-0.15, -0.1) is 0 Å². The van der Waals surface area contributed by atoms with Crippen molar-refractivity contribution in [1.82, 2.24) is 10.3 Å². The van der Waals surface area contributed by atoms with Gasteiger partial charge >= 0.3 is 0 Å². The number of ether oxygens (including phenoxy) is 1. The van der Waals surface area contributed by atoms with E-state index in [1.807, 2.05) is 6.07 Å². The highest BCUT2D eigenvalue weighted by atomic mass is 19.3. The lowest BCUT2D eigenvalue weighted by Crippen LogP contribution is -2.36. The predicted octanol–water partition coefficient (Wildman–Crippen LogP) is 3.53. The smallest absolute Gasteiger partial charge is 0.263 e. The molecule has 4 rings (SSSR count). The number of anilines is 1. The number of alkyl halides is 2. The van der Waals surface area contributed by atoms with E-state index < -0.39 is 12.3 Å². The maximum atomic E-state index is 12.9. The maximum absolute atomic E-state index is 12.9. The minimum atomic E-state index is -2.65. The summed E-state index contributed by atoms with van der Waals surface area (Å²) in [6.07, 6.45) is 2.36. The van der Waals surface area contributed by atoms with Crippen molar-refractivity contribution in [2.75, 3.05) is 31.2 Å². The number of morpholine rings is 1. The largest absolute Gasteiger partial charge is 0.378 e. The standard InChI is InChI=1S/C23H21F2N3O3/c24-22(25)16-2-1-3-17(12-16)23(30)27-18-4-5-20(29)19(14-18)15-6-7-26-21(13-15)28-8-10-31-11-9-28/h1-4,6-7,12-14,22H,5,8-11H2,(H,27,30). The van der Waals surface area contributed by atoms with Crippen molar-refractivity contribution in [3.8, 4) is 0 Å². The van der Waals surface area contributed by atoms with Gasteiger partial charge in [-0.2, -0.15) is 0 Å². The Morgan fingerprint density at radius 2 is 1.97 bits per heavy atom. The third kappa shape index (κ3) is 4.86. The number of nitrogens with zero attached hydrogens (tertiary/aromatic N) is 2. The van der Waals surface area contributed by atoms with Crippen molar-refractivity contribution >= 4 is 23.1 Å². The van der Waals surface area contributed by atoms with Crippen LogP contribution in [-0.2, 0) is 9.53 Å². The van der Waals surface area contributed by atoms with E-state index in [4.69, 9.17) is 4.74 Å². The third-order valence-electron chi connectivity index (χ3n) is 5.16.